The second-order valence-electron chi connectivity index (χ2n) is 7.14. The molecule has 0 aliphatic heterocycles. The number of carbonyl (C=O) groups excluding carboxylic acids is 1. The van der Waals surface area contributed by atoms with Crippen LogP contribution in [0.25, 0.3) is 11.0 Å². The Morgan fingerprint density at radius 3 is 2.97 bits per heavy atom. The van der Waals surface area contributed by atoms with Crippen LogP contribution in [0.1, 0.15) is 36.9 Å². The third kappa shape index (κ3) is 6.39. The number of ether oxygens (including phenoxy) is 1. The van der Waals surface area contributed by atoms with E-state index in [0.29, 0.717) is 24.5 Å². The third-order valence-corrected chi connectivity index (χ3v) is 4.88. The third-order valence-electron chi connectivity index (χ3n) is 4.72. The lowest BCUT2D eigenvalue weighted by molar-refractivity contribution is 0.143. The lowest BCUT2D eigenvalue weighted by atomic mass is 10.2. The zero-order valence-electron chi connectivity index (χ0n) is 17.6. The van der Waals surface area contributed by atoms with Gasteiger partial charge in [-0.15, -0.1) is 0 Å². The van der Waals surface area contributed by atoms with Gasteiger partial charge in [-0.1, -0.05) is 6.07 Å². The second kappa shape index (κ2) is 10.7. The van der Waals surface area contributed by atoms with Crippen LogP contribution in [0.4, 0.5) is 16.3 Å². The highest BCUT2D eigenvalue weighted by molar-refractivity contribution is 6.28. The van der Waals surface area contributed by atoms with Crippen molar-refractivity contribution in [3.8, 4) is 0 Å². The lowest BCUT2D eigenvalue weighted by Crippen LogP contribution is -2.24. The summed E-state index contributed by atoms with van der Waals surface area (Å²) in [6.07, 6.45) is 6.56. The summed E-state index contributed by atoms with van der Waals surface area (Å²) < 4.78 is 7.18. The van der Waals surface area contributed by atoms with Gasteiger partial charge in [0.2, 0.25) is 5.28 Å². The fourth-order valence-electron chi connectivity index (χ4n) is 3.06. The number of halogens is 1. The van der Waals surface area contributed by atoms with E-state index in [2.05, 4.69) is 25.3 Å². The first-order valence-electron chi connectivity index (χ1n) is 10.1. The van der Waals surface area contributed by atoms with Crippen molar-refractivity contribution in [3.05, 3.63) is 41.1 Å². The molecule has 2 aromatic heterocycles. The number of hydrogen-bond donors (Lipinski definition) is 2. The summed E-state index contributed by atoms with van der Waals surface area (Å²) in [5.41, 5.74) is 9.96. The summed E-state index contributed by atoms with van der Waals surface area (Å²) >= 11 is 5.75. The van der Waals surface area contributed by atoms with Crippen LogP contribution in [-0.4, -0.2) is 38.4 Å². The highest BCUT2D eigenvalue weighted by Gasteiger charge is 2.06. The Balaban J connectivity index is 1.29. The average Bonchev–Trinajstić information content (AvgIpc) is 3.10. The largest absolute Gasteiger partial charge is 0.450 e. The highest BCUT2D eigenvalue weighted by atomic mass is 35.5. The van der Waals surface area contributed by atoms with Crippen LogP contribution in [-0.2, 0) is 18.3 Å². The number of hydrogen-bond acceptors (Lipinski definition) is 7. The molecule has 0 saturated heterocycles. The second-order valence-corrected chi connectivity index (χ2v) is 7.48. The molecule has 31 heavy (non-hydrogen) atoms. The topological polar surface area (TPSA) is 120 Å². The van der Waals surface area contributed by atoms with E-state index in [-0.39, 0.29) is 11.1 Å². The standard InChI is InChI=1S/C21H26ClN7O2/c1-14-18(19(23)28-20(22)27-14)24-9-5-3-4-6-10-31-21(30)25-12-15-7-8-16-17(11-15)29(2)13-26-16/h7-9,11,13H,3-6,10,12H2,1-2H3,(H,25,30)(H2,23,27,28)/b24-9-. The maximum atomic E-state index is 11.9. The first-order valence-corrected chi connectivity index (χ1v) is 10.4. The van der Waals surface area contributed by atoms with E-state index in [1.54, 1.807) is 19.5 Å². The Bertz CT molecular complexity index is 1060. The summed E-state index contributed by atoms with van der Waals surface area (Å²) in [6.45, 7) is 2.57. The number of aromatic nitrogens is 4. The molecule has 1 amide bonds. The SMILES string of the molecule is Cc1nc(Cl)nc(N)c1/N=C\CCCCCOC(=O)NCc1ccc2ncn(C)c2c1. The monoisotopic (exact) mass is 443 g/mol. The number of anilines is 1. The molecular weight excluding hydrogens is 418 g/mol. The van der Waals surface area contributed by atoms with Crippen LogP contribution in [0.15, 0.2) is 29.5 Å². The van der Waals surface area contributed by atoms with E-state index in [9.17, 15) is 4.79 Å². The molecule has 3 rings (SSSR count). The van der Waals surface area contributed by atoms with Crippen LogP contribution in [0.3, 0.4) is 0 Å². The zero-order valence-corrected chi connectivity index (χ0v) is 18.4. The fraction of sp³-hybridized carbons (Fsp3) is 0.381. The van der Waals surface area contributed by atoms with E-state index < -0.39 is 6.09 Å². The van der Waals surface area contributed by atoms with E-state index in [1.165, 1.54) is 0 Å². The number of amides is 1. The molecule has 9 nitrogen and oxygen atoms in total. The predicted octanol–water partition coefficient (Wildman–Crippen LogP) is 4.10. The lowest BCUT2D eigenvalue weighted by Gasteiger charge is -2.07. The van der Waals surface area contributed by atoms with Crippen molar-refractivity contribution in [2.24, 2.45) is 12.0 Å². The molecule has 0 radical (unpaired) electrons. The van der Waals surface area contributed by atoms with Gasteiger partial charge in [0.05, 0.1) is 29.7 Å². The molecule has 0 saturated carbocycles. The first kappa shape index (κ1) is 22.5. The molecule has 10 heteroatoms. The molecule has 0 unspecified atom stereocenters. The van der Waals surface area contributed by atoms with Gasteiger partial charge in [-0.3, -0.25) is 4.99 Å². The number of nitrogens with one attached hydrogen (secondary N) is 1. The summed E-state index contributed by atoms with van der Waals surface area (Å²) in [7, 11) is 1.94. The van der Waals surface area contributed by atoms with Gasteiger partial charge in [0, 0.05) is 19.8 Å². The number of aryl methyl sites for hydroxylation is 2. The van der Waals surface area contributed by atoms with E-state index in [0.717, 1.165) is 42.3 Å². The smallest absolute Gasteiger partial charge is 0.407 e. The molecule has 0 aliphatic carbocycles. The normalized spacial score (nSPS) is 11.3. The van der Waals surface area contributed by atoms with Crippen LogP contribution in [0, 0.1) is 6.92 Å². The number of alkyl carbamates (subject to hydrolysis) is 1. The van der Waals surface area contributed by atoms with Gasteiger partial charge in [0.25, 0.3) is 0 Å². The van der Waals surface area contributed by atoms with E-state index >= 15 is 0 Å². The number of fused-ring (bicyclic) bond motifs is 1. The Hall–Kier alpha value is -3.20. The molecule has 3 aromatic rings. The minimum absolute atomic E-state index is 0.118. The van der Waals surface area contributed by atoms with E-state index in [4.69, 9.17) is 22.1 Å². The van der Waals surface area contributed by atoms with Crippen LogP contribution >= 0.6 is 11.6 Å². The van der Waals surface area contributed by atoms with Gasteiger partial charge in [0.15, 0.2) is 5.82 Å². The van der Waals surface area contributed by atoms with Crippen LogP contribution in [0.5, 0.6) is 0 Å². The number of rotatable bonds is 9. The Kier molecular flexibility index (Phi) is 7.77. The van der Waals surface area contributed by atoms with Crippen molar-refractivity contribution < 1.29 is 9.53 Å². The molecule has 0 spiro atoms. The number of carbonyl (C=O) groups is 1. The fourth-order valence-corrected chi connectivity index (χ4v) is 3.27. The number of imidazole rings is 1. The molecule has 1 aromatic carbocycles. The molecule has 0 fully saturated rings. The number of nitrogens with two attached hydrogens (primary N) is 1. The first-order chi connectivity index (χ1) is 14.9. The number of nitrogens with zero attached hydrogens (tertiary/aromatic N) is 5. The number of aliphatic imine (C=N–C) groups is 1. The molecule has 0 bridgehead atoms. The number of benzene rings is 1. The summed E-state index contributed by atoms with van der Waals surface area (Å²) in [5.74, 6) is 0.272. The quantitative estimate of drug-likeness (QED) is 0.292. The molecule has 0 atom stereocenters. The van der Waals surface area contributed by atoms with E-state index in [1.807, 2.05) is 29.8 Å². The predicted molar refractivity (Wildman–Crippen MR) is 122 cm³/mol. The average molecular weight is 444 g/mol. The summed E-state index contributed by atoms with van der Waals surface area (Å²) in [4.78, 5) is 28.4. The van der Waals surface area contributed by atoms with Gasteiger partial charge in [0.1, 0.15) is 5.69 Å². The molecular formula is C21H26ClN7O2. The maximum Gasteiger partial charge on any atom is 0.407 e. The number of nitrogen functional groups attached to an aromatic ring is 1. The zero-order chi connectivity index (χ0) is 22.2. The van der Waals surface area contributed by atoms with Crippen LogP contribution < -0.4 is 11.1 Å². The Morgan fingerprint density at radius 2 is 2.16 bits per heavy atom. The Labute approximate surface area is 185 Å². The van der Waals surface area contributed by atoms with Gasteiger partial charge in [-0.05, 0) is 61.9 Å². The van der Waals surface area contributed by atoms with Crippen LogP contribution in [0.2, 0.25) is 5.28 Å². The summed E-state index contributed by atoms with van der Waals surface area (Å²) in [5, 5.41) is 2.89. The highest BCUT2D eigenvalue weighted by Crippen LogP contribution is 2.24. The molecule has 2 heterocycles. The van der Waals surface area contributed by atoms with Gasteiger partial charge in [-0.25, -0.2) is 14.8 Å². The minimum atomic E-state index is -0.416. The van der Waals surface area contributed by atoms with Gasteiger partial charge < -0.3 is 20.4 Å². The van der Waals surface area contributed by atoms with Crippen molar-refractivity contribution in [2.45, 2.75) is 39.2 Å². The van der Waals surface area contributed by atoms with Gasteiger partial charge in [-0.2, -0.15) is 4.98 Å². The molecule has 3 N–H and O–H groups in total. The molecule has 164 valence electrons. The summed E-state index contributed by atoms with van der Waals surface area (Å²) in [6, 6.07) is 5.90. The molecule has 0 aliphatic rings. The number of unbranched alkanes of at least 4 members (excludes halogenated alkanes) is 3. The van der Waals surface area contributed by atoms with Crippen molar-refractivity contribution in [1.29, 1.82) is 0 Å². The van der Waals surface area contributed by atoms with Crippen molar-refractivity contribution in [3.63, 3.8) is 0 Å². The minimum Gasteiger partial charge on any atom is -0.450 e. The van der Waals surface area contributed by atoms with Crippen molar-refractivity contribution >= 4 is 46.4 Å². The Morgan fingerprint density at radius 1 is 1.32 bits per heavy atom. The van der Waals surface area contributed by atoms with Crippen molar-refractivity contribution in [2.75, 3.05) is 12.3 Å². The van der Waals surface area contributed by atoms with Gasteiger partial charge >= 0.3 is 6.09 Å². The van der Waals surface area contributed by atoms with Crippen molar-refractivity contribution in [1.82, 2.24) is 24.8 Å². The maximum absolute atomic E-state index is 11.9.